The maximum absolute atomic E-state index is 2.57. The van der Waals surface area contributed by atoms with Crippen molar-refractivity contribution in [1.29, 1.82) is 0 Å². The van der Waals surface area contributed by atoms with Crippen molar-refractivity contribution >= 4 is 0 Å². The SMILES string of the molecule is C[C@H]1CC[C@H]2C13CCC(C)(CC3)C2(C)C. The van der Waals surface area contributed by atoms with Crippen molar-refractivity contribution in [3.8, 4) is 0 Å². The fourth-order valence-corrected chi connectivity index (χ4v) is 5.59. The Bertz CT molecular complexity index is 278. The predicted molar refractivity (Wildman–Crippen MR) is 64.7 cm³/mol. The summed E-state index contributed by atoms with van der Waals surface area (Å²) in [6.07, 6.45) is 9.10. The van der Waals surface area contributed by atoms with Gasteiger partial charge in [0, 0.05) is 0 Å². The summed E-state index contributed by atoms with van der Waals surface area (Å²) in [6, 6.07) is 0. The van der Waals surface area contributed by atoms with Crippen LogP contribution in [0.5, 0.6) is 0 Å². The van der Waals surface area contributed by atoms with E-state index in [2.05, 4.69) is 27.7 Å². The fourth-order valence-electron chi connectivity index (χ4n) is 5.59. The van der Waals surface area contributed by atoms with Gasteiger partial charge in [0.2, 0.25) is 0 Å². The van der Waals surface area contributed by atoms with Gasteiger partial charge in [-0.05, 0) is 66.6 Å². The van der Waals surface area contributed by atoms with E-state index in [9.17, 15) is 0 Å². The van der Waals surface area contributed by atoms with Crippen molar-refractivity contribution in [2.45, 2.75) is 66.2 Å². The Morgan fingerprint density at radius 2 is 1.47 bits per heavy atom. The van der Waals surface area contributed by atoms with Crippen molar-refractivity contribution < 1.29 is 0 Å². The first-order valence-electron chi connectivity index (χ1n) is 6.92. The molecule has 2 atom stereocenters. The molecule has 4 rings (SSSR count). The van der Waals surface area contributed by atoms with Gasteiger partial charge in [0.1, 0.15) is 0 Å². The molecular weight excluding hydrogens is 180 g/mol. The molecule has 4 aliphatic carbocycles. The molecular formula is C15H26. The summed E-state index contributed by atoms with van der Waals surface area (Å²) in [7, 11) is 0. The Hall–Kier alpha value is 0. The Kier molecular flexibility index (Phi) is 1.78. The Balaban J connectivity index is 2.08. The van der Waals surface area contributed by atoms with Crippen LogP contribution in [0.3, 0.4) is 0 Å². The van der Waals surface area contributed by atoms with Crippen LogP contribution in [0, 0.1) is 28.1 Å². The zero-order valence-corrected chi connectivity index (χ0v) is 10.9. The van der Waals surface area contributed by atoms with Gasteiger partial charge in [-0.25, -0.2) is 0 Å². The van der Waals surface area contributed by atoms with Gasteiger partial charge in [-0.15, -0.1) is 0 Å². The molecule has 0 N–H and O–H groups in total. The van der Waals surface area contributed by atoms with E-state index in [1.807, 2.05) is 0 Å². The highest BCUT2D eigenvalue weighted by molar-refractivity contribution is 5.14. The van der Waals surface area contributed by atoms with Gasteiger partial charge in [0.05, 0.1) is 0 Å². The molecule has 0 aliphatic heterocycles. The monoisotopic (exact) mass is 206 g/mol. The van der Waals surface area contributed by atoms with Crippen molar-refractivity contribution in [1.82, 2.24) is 0 Å². The minimum absolute atomic E-state index is 0.605. The van der Waals surface area contributed by atoms with Gasteiger partial charge in [0.15, 0.2) is 0 Å². The predicted octanol–water partition coefficient (Wildman–Crippen LogP) is 4.64. The van der Waals surface area contributed by atoms with Gasteiger partial charge in [-0.3, -0.25) is 0 Å². The molecule has 0 aromatic heterocycles. The maximum atomic E-state index is 2.57. The highest BCUT2D eigenvalue weighted by Crippen LogP contribution is 2.74. The zero-order valence-electron chi connectivity index (χ0n) is 10.9. The molecule has 0 saturated heterocycles. The molecule has 1 spiro atoms. The third-order valence-electron chi connectivity index (χ3n) is 7.27. The van der Waals surface area contributed by atoms with E-state index in [0.29, 0.717) is 10.8 Å². The third-order valence-corrected chi connectivity index (χ3v) is 7.27. The number of rotatable bonds is 0. The molecule has 15 heavy (non-hydrogen) atoms. The first-order valence-corrected chi connectivity index (χ1v) is 6.92. The average molecular weight is 206 g/mol. The van der Waals surface area contributed by atoms with Gasteiger partial charge < -0.3 is 0 Å². The van der Waals surface area contributed by atoms with Gasteiger partial charge in [0.25, 0.3) is 0 Å². The molecule has 0 heterocycles. The van der Waals surface area contributed by atoms with E-state index in [0.717, 1.165) is 17.3 Å². The smallest absolute Gasteiger partial charge is 0.0238 e. The standard InChI is InChI=1S/C15H26/c1-11-5-6-12-13(2,3)14(4)7-9-15(11,12)10-8-14/h11-12H,5-10H2,1-4H3/t11-,12+,14?,15?/m0/s1. The highest BCUT2D eigenvalue weighted by atomic mass is 14.7. The molecule has 0 radical (unpaired) electrons. The number of hydrogen-bond donors (Lipinski definition) is 0. The molecule has 4 saturated carbocycles. The van der Waals surface area contributed by atoms with Crippen molar-refractivity contribution in [2.75, 3.05) is 0 Å². The normalized spacial score (nSPS) is 56.8. The van der Waals surface area contributed by atoms with Crippen LogP contribution >= 0.6 is 0 Å². The van der Waals surface area contributed by atoms with Crippen LogP contribution in [0.15, 0.2) is 0 Å². The topological polar surface area (TPSA) is 0 Å². The third kappa shape index (κ3) is 0.953. The van der Waals surface area contributed by atoms with Gasteiger partial charge in [-0.1, -0.05) is 27.7 Å². The molecule has 0 unspecified atom stereocenters. The van der Waals surface area contributed by atoms with Crippen molar-refractivity contribution in [3.63, 3.8) is 0 Å². The van der Waals surface area contributed by atoms with Crippen LogP contribution in [0.1, 0.15) is 66.2 Å². The summed E-state index contributed by atoms with van der Waals surface area (Å²) in [4.78, 5) is 0. The summed E-state index contributed by atoms with van der Waals surface area (Å²) < 4.78 is 0. The lowest BCUT2D eigenvalue weighted by molar-refractivity contribution is -0.161. The Morgan fingerprint density at radius 3 is 2.07 bits per heavy atom. The lowest BCUT2D eigenvalue weighted by Crippen LogP contribution is -2.57. The first kappa shape index (κ1) is 10.2. The summed E-state index contributed by atoms with van der Waals surface area (Å²) in [6.45, 7) is 10.2. The molecule has 4 aliphatic rings. The van der Waals surface area contributed by atoms with Gasteiger partial charge in [-0.2, -0.15) is 0 Å². The van der Waals surface area contributed by atoms with Crippen LogP contribution in [0.2, 0.25) is 0 Å². The molecule has 0 aromatic rings. The van der Waals surface area contributed by atoms with E-state index < -0.39 is 0 Å². The van der Waals surface area contributed by atoms with E-state index in [4.69, 9.17) is 0 Å². The largest absolute Gasteiger partial charge is 0.0620 e. The van der Waals surface area contributed by atoms with Gasteiger partial charge >= 0.3 is 0 Å². The lowest BCUT2D eigenvalue weighted by atomic mass is 9.39. The zero-order chi connectivity index (χ0) is 10.9. The molecule has 0 nitrogen and oxygen atoms in total. The van der Waals surface area contributed by atoms with Crippen LogP contribution in [0.25, 0.3) is 0 Å². The molecule has 4 fully saturated rings. The highest BCUT2D eigenvalue weighted by Gasteiger charge is 2.65. The number of fused-ring (bicyclic) bond motifs is 2. The Morgan fingerprint density at radius 1 is 0.867 bits per heavy atom. The second-order valence-electron chi connectivity index (χ2n) is 7.55. The molecule has 0 amide bonds. The summed E-state index contributed by atoms with van der Waals surface area (Å²) in [5.41, 5.74) is 2.03. The Labute approximate surface area is 94.8 Å². The fraction of sp³-hybridized carbons (Fsp3) is 1.00. The summed E-state index contributed by atoms with van der Waals surface area (Å²) in [5.74, 6) is 2.04. The number of hydrogen-bond acceptors (Lipinski definition) is 0. The van der Waals surface area contributed by atoms with Crippen LogP contribution < -0.4 is 0 Å². The van der Waals surface area contributed by atoms with E-state index in [1.54, 1.807) is 12.8 Å². The minimum Gasteiger partial charge on any atom is -0.0620 e. The lowest BCUT2D eigenvalue weighted by Gasteiger charge is -2.65. The maximum Gasteiger partial charge on any atom is -0.0238 e. The van der Waals surface area contributed by atoms with Crippen LogP contribution in [0.4, 0.5) is 0 Å². The first-order chi connectivity index (χ1) is 6.92. The minimum atomic E-state index is 0.605. The average Bonchev–Trinajstić information content (AvgIpc) is 2.50. The molecule has 0 aromatic carbocycles. The molecule has 0 heteroatoms. The molecule has 86 valence electrons. The van der Waals surface area contributed by atoms with Crippen LogP contribution in [-0.4, -0.2) is 0 Å². The second-order valence-corrected chi connectivity index (χ2v) is 7.55. The quantitative estimate of drug-likeness (QED) is 0.541. The molecule has 2 bridgehead atoms. The van der Waals surface area contributed by atoms with Crippen molar-refractivity contribution in [2.24, 2.45) is 28.1 Å². The van der Waals surface area contributed by atoms with Crippen molar-refractivity contribution in [3.05, 3.63) is 0 Å². The van der Waals surface area contributed by atoms with E-state index in [-0.39, 0.29) is 0 Å². The van der Waals surface area contributed by atoms with E-state index in [1.165, 1.54) is 25.7 Å². The summed E-state index contributed by atoms with van der Waals surface area (Å²) >= 11 is 0. The summed E-state index contributed by atoms with van der Waals surface area (Å²) in [5, 5.41) is 0. The van der Waals surface area contributed by atoms with E-state index >= 15 is 0 Å². The second kappa shape index (κ2) is 2.63. The van der Waals surface area contributed by atoms with Crippen LogP contribution in [-0.2, 0) is 0 Å².